The third-order valence-corrected chi connectivity index (χ3v) is 4.39. The summed E-state index contributed by atoms with van der Waals surface area (Å²) in [4.78, 5) is 20.8. The van der Waals surface area contributed by atoms with E-state index in [0.717, 1.165) is 31.6 Å². The van der Waals surface area contributed by atoms with Crippen molar-refractivity contribution < 1.29 is 9.53 Å². The molecule has 2 heterocycles. The van der Waals surface area contributed by atoms with Gasteiger partial charge in [0.15, 0.2) is 0 Å². The third kappa shape index (κ3) is 4.93. The highest BCUT2D eigenvalue weighted by molar-refractivity contribution is 5.68. The van der Waals surface area contributed by atoms with Crippen LogP contribution in [0.25, 0.3) is 0 Å². The highest BCUT2D eigenvalue weighted by Gasteiger charge is 2.30. The molecule has 0 bridgehead atoms. The monoisotopic (exact) mass is 319 g/mol. The maximum Gasteiger partial charge on any atom is 0.410 e. The van der Waals surface area contributed by atoms with Gasteiger partial charge >= 0.3 is 6.09 Å². The van der Waals surface area contributed by atoms with Gasteiger partial charge in [0.1, 0.15) is 5.60 Å². The summed E-state index contributed by atoms with van der Waals surface area (Å²) in [5.74, 6) is 0. The molecular formula is C18H29N3O2. The van der Waals surface area contributed by atoms with E-state index in [1.54, 1.807) is 4.90 Å². The number of pyridine rings is 1. The van der Waals surface area contributed by atoms with Crippen molar-refractivity contribution in [2.45, 2.75) is 58.2 Å². The number of hydrogen-bond acceptors (Lipinski definition) is 4. The van der Waals surface area contributed by atoms with Crippen molar-refractivity contribution in [1.29, 1.82) is 0 Å². The van der Waals surface area contributed by atoms with Crippen molar-refractivity contribution in [3.05, 3.63) is 30.1 Å². The minimum Gasteiger partial charge on any atom is -0.444 e. The summed E-state index contributed by atoms with van der Waals surface area (Å²) >= 11 is 0. The smallest absolute Gasteiger partial charge is 0.410 e. The standard InChI is InChI=1S/C18H29N3O2/c1-14(16-8-6-7-11-19-16)21-12-9-15(10-13-21)20(5)17(22)23-18(2,3)4/h6-8,11,14-15H,9-10,12-13H2,1-5H3/t14-/m1/s1. The van der Waals surface area contributed by atoms with Crippen LogP contribution in [0.4, 0.5) is 4.79 Å². The normalized spacial score (nSPS) is 18.5. The Morgan fingerprint density at radius 2 is 2.00 bits per heavy atom. The van der Waals surface area contributed by atoms with E-state index in [2.05, 4.69) is 22.9 Å². The Morgan fingerprint density at radius 3 is 2.52 bits per heavy atom. The summed E-state index contributed by atoms with van der Waals surface area (Å²) < 4.78 is 5.46. The number of likely N-dealkylation sites (tertiary alicyclic amines) is 1. The van der Waals surface area contributed by atoms with E-state index in [4.69, 9.17) is 4.74 Å². The van der Waals surface area contributed by atoms with Crippen LogP contribution in [0, 0.1) is 0 Å². The quantitative estimate of drug-likeness (QED) is 0.856. The molecule has 5 nitrogen and oxygen atoms in total. The summed E-state index contributed by atoms with van der Waals surface area (Å²) in [7, 11) is 1.84. The molecule has 1 aliphatic heterocycles. The molecular weight excluding hydrogens is 290 g/mol. The number of piperidine rings is 1. The molecule has 2 rings (SSSR count). The maximum absolute atomic E-state index is 12.2. The lowest BCUT2D eigenvalue weighted by Crippen LogP contribution is -2.47. The zero-order valence-corrected chi connectivity index (χ0v) is 15.0. The second kappa shape index (κ2) is 7.30. The van der Waals surface area contributed by atoms with Crippen LogP contribution in [-0.2, 0) is 4.74 Å². The Kier molecular flexibility index (Phi) is 5.63. The van der Waals surface area contributed by atoms with Crippen molar-refractivity contribution in [3.8, 4) is 0 Å². The van der Waals surface area contributed by atoms with Gasteiger partial charge in [-0.05, 0) is 52.7 Å². The molecule has 0 unspecified atom stereocenters. The van der Waals surface area contributed by atoms with E-state index in [1.807, 2.05) is 46.1 Å². The molecule has 1 aromatic heterocycles. The molecule has 0 aliphatic carbocycles. The number of hydrogen-bond donors (Lipinski definition) is 0. The Hall–Kier alpha value is -1.62. The molecule has 1 saturated heterocycles. The molecule has 1 fully saturated rings. The minimum absolute atomic E-state index is 0.228. The molecule has 0 N–H and O–H groups in total. The Labute approximate surface area is 139 Å². The van der Waals surface area contributed by atoms with E-state index in [9.17, 15) is 4.79 Å². The first kappa shape index (κ1) is 17.7. The maximum atomic E-state index is 12.2. The lowest BCUT2D eigenvalue weighted by molar-refractivity contribution is 0.0132. The van der Waals surface area contributed by atoms with E-state index in [0.29, 0.717) is 6.04 Å². The fourth-order valence-corrected chi connectivity index (χ4v) is 2.95. The molecule has 23 heavy (non-hydrogen) atoms. The van der Waals surface area contributed by atoms with Crippen LogP contribution < -0.4 is 0 Å². The van der Waals surface area contributed by atoms with Crippen molar-refractivity contribution in [2.24, 2.45) is 0 Å². The third-order valence-electron chi connectivity index (χ3n) is 4.39. The van der Waals surface area contributed by atoms with E-state index >= 15 is 0 Å². The first-order valence-electron chi connectivity index (χ1n) is 8.39. The number of nitrogens with zero attached hydrogens (tertiary/aromatic N) is 3. The van der Waals surface area contributed by atoms with Crippen LogP contribution in [0.2, 0.25) is 0 Å². The molecule has 1 amide bonds. The van der Waals surface area contributed by atoms with Crippen LogP contribution in [-0.4, -0.2) is 52.7 Å². The fraction of sp³-hybridized carbons (Fsp3) is 0.667. The molecule has 1 atom stereocenters. The van der Waals surface area contributed by atoms with Gasteiger partial charge in [0.05, 0.1) is 5.69 Å². The topological polar surface area (TPSA) is 45.7 Å². The second-order valence-corrected chi connectivity index (χ2v) is 7.29. The highest BCUT2D eigenvalue weighted by Crippen LogP contribution is 2.25. The van der Waals surface area contributed by atoms with Crippen LogP contribution in [0.3, 0.4) is 0 Å². The molecule has 1 aliphatic rings. The first-order valence-corrected chi connectivity index (χ1v) is 8.39. The van der Waals surface area contributed by atoms with Gasteiger partial charge in [-0.1, -0.05) is 6.07 Å². The van der Waals surface area contributed by atoms with Crippen LogP contribution in [0.5, 0.6) is 0 Å². The Balaban J connectivity index is 1.87. The number of rotatable bonds is 3. The van der Waals surface area contributed by atoms with Crippen LogP contribution in [0.15, 0.2) is 24.4 Å². The summed E-state index contributed by atoms with van der Waals surface area (Å²) in [6.45, 7) is 9.83. The van der Waals surface area contributed by atoms with Crippen molar-refractivity contribution >= 4 is 6.09 Å². The van der Waals surface area contributed by atoms with E-state index < -0.39 is 5.60 Å². The van der Waals surface area contributed by atoms with Crippen LogP contribution >= 0.6 is 0 Å². The zero-order valence-electron chi connectivity index (χ0n) is 15.0. The molecule has 0 radical (unpaired) electrons. The number of aromatic nitrogens is 1. The van der Waals surface area contributed by atoms with Crippen LogP contribution in [0.1, 0.15) is 52.3 Å². The lowest BCUT2D eigenvalue weighted by Gasteiger charge is -2.39. The van der Waals surface area contributed by atoms with Crippen molar-refractivity contribution in [1.82, 2.24) is 14.8 Å². The number of amides is 1. The predicted molar refractivity (Wildman–Crippen MR) is 91.2 cm³/mol. The summed E-state index contributed by atoms with van der Waals surface area (Å²) in [5.41, 5.74) is 0.658. The van der Waals surface area contributed by atoms with Gasteiger partial charge in [-0.15, -0.1) is 0 Å². The molecule has 128 valence electrons. The van der Waals surface area contributed by atoms with E-state index in [1.165, 1.54) is 0 Å². The Bertz CT molecular complexity index is 505. The number of carbonyl (C=O) groups is 1. The fourth-order valence-electron chi connectivity index (χ4n) is 2.95. The summed E-state index contributed by atoms with van der Waals surface area (Å²) in [5, 5.41) is 0. The SMILES string of the molecule is C[C@H](c1ccccn1)N1CCC(N(C)C(=O)OC(C)(C)C)CC1. The van der Waals surface area contributed by atoms with Gasteiger partial charge in [0, 0.05) is 38.4 Å². The first-order chi connectivity index (χ1) is 10.8. The highest BCUT2D eigenvalue weighted by atomic mass is 16.6. The van der Waals surface area contributed by atoms with Gasteiger partial charge in [0.2, 0.25) is 0 Å². The van der Waals surface area contributed by atoms with Gasteiger partial charge in [-0.25, -0.2) is 4.79 Å². The molecule has 0 saturated carbocycles. The molecule has 0 aromatic carbocycles. The van der Waals surface area contributed by atoms with Gasteiger partial charge in [-0.2, -0.15) is 0 Å². The van der Waals surface area contributed by atoms with E-state index in [-0.39, 0.29) is 12.1 Å². The molecule has 1 aromatic rings. The van der Waals surface area contributed by atoms with Gasteiger partial charge < -0.3 is 9.64 Å². The molecule has 0 spiro atoms. The average Bonchev–Trinajstić information content (AvgIpc) is 2.53. The predicted octanol–water partition coefficient (Wildman–Crippen LogP) is 3.47. The van der Waals surface area contributed by atoms with Crippen molar-refractivity contribution in [3.63, 3.8) is 0 Å². The van der Waals surface area contributed by atoms with Crippen molar-refractivity contribution in [2.75, 3.05) is 20.1 Å². The largest absolute Gasteiger partial charge is 0.444 e. The van der Waals surface area contributed by atoms with Gasteiger partial charge in [0.25, 0.3) is 0 Å². The molecule has 5 heteroatoms. The summed E-state index contributed by atoms with van der Waals surface area (Å²) in [6.07, 6.45) is 3.54. The lowest BCUT2D eigenvalue weighted by atomic mass is 10.0. The number of carbonyl (C=O) groups excluding carboxylic acids is 1. The number of ether oxygens (including phenoxy) is 1. The Morgan fingerprint density at radius 1 is 1.35 bits per heavy atom. The second-order valence-electron chi connectivity index (χ2n) is 7.29. The average molecular weight is 319 g/mol. The summed E-state index contributed by atoms with van der Waals surface area (Å²) in [6, 6.07) is 6.60. The van der Waals surface area contributed by atoms with Gasteiger partial charge in [-0.3, -0.25) is 9.88 Å². The minimum atomic E-state index is -0.445. The zero-order chi connectivity index (χ0) is 17.0.